The van der Waals surface area contributed by atoms with E-state index in [1.54, 1.807) is 38.4 Å². The molecule has 4 rings (SSSR count). The molecule has 0 bridgehead atoms. The first-order chi connectivity index (χ1) is 19.3. The lowest BCUT2D eigenvalue weighted by Crippen LogP contribution is -2.40. The first-order valence-electron chi connectivity index (χ1n) is 13.2. The lowest BCUT2D eigenvalue weighted by Gasteiger charge is -2.21. The molecule has 3 aromatic rings. The molecule has 9 nitrogen and oxygen atoms in total. The number of rotatable bonds is 11. The van der Waals surface area contributed by atoms with Gasteiger partial charge in [-0.25, -0.2) is 0 Å². The molecule has 9 heteroatoms. The summed E-state index contributed by atoms with van der Waals surface area (Å²) in [6.07, 6.45) is 4.48. The normalized spacial score (nSPS) is 13.6. The number of nitrogens with one attached hydrogen (secondary N) is 3. The van der Waals surface area contributed by atoms with Gasteiger partial charge in [-0.3, -0.25) is 19.2 Å². The van der Waals surface area contributed by atoms with Gasteiger partial charge in [-0.05, 0) is 40.8 Å². The van der Waals surface area contributed by atoms with Crippen LogP contribution in [0, 0.1) is 0 Å². The van der Waals surface area contributed by atoms with E-state index in [1.165, 1.54) is 17.1 Å². The van der Waals surface area contributed by atoms with Gasteiger partial charge >= 0.3 is 11.8 Å². The molecular weight excluding hydrogens is 508 g/mol. The van der Waals surface area contributed by atoms with E-state index in [0.717, 1.165) is 29.2 Å². The average Bonchev–Trinajstić information content (AvgIpc) is 3.76. The summed E-state index contributed by atoms with van der Waals surface area (Å²) in [5, 5.41) is 10.5. The molecule has 0 unspecified atom stereocenters. The maximum Gasteiger partial charge on any atom is 0.309 e. The number of carbonyl (C=O) groups excluding carboxylic acids is 4. The molecule has 1 aliphatic carbocycles. The Morgan fingerprint density at radius 1 is 0.925 bits per heavy atom. The van der Waals surface area contributed by atoms with Crippen LogP contribution in [0.15, 0.2) is 78.9 Å². The van der Waals surface area contributed by atoms with Crippen LogP contribution in [0.3, 0.4) is 0 Å². The van der Waals surface area contributed by atoms with E-state index >= 15 is 0 Å². The molecule has 40 heavy (non-hydrogen) atoms. The smallest absolute Gasteiger partial charge is 0.309 e. The minimum absolute atomic E-state index is 0.00966. The number of ether oxygens (including phenoxy) is 1. The van der Waals surface area contributed by atoms with Crippen LogP contribution in [0.5, 0.6) is 0 Å². The molecule has 0 heterocycles. The molecule has 0 aliphatic heterocycles. The van der Waals surface area contributed by atoms with Gasteiger partial charge in [-0.1, -0.05) is 66.7 Å². The molecule has 0 spiro atoms. The molecular formula is C31H34N4O5. The van der Waals surface area contributed by atoms with Crippen LogP contribution in [0.25, 0.3) is 10.8 Å². The monoisotopic (exact) mass is 542 g/mol. The van der Waals surface area contributed by atoms with Gasteiger partial charge in [-0.2, -0.15) is 0 Å². The summed E-state index contributed by atoms with van der Waals surface area (Å²) in [6, 6.07) is 21.3. The third-order valence-corrected chi connectivity index (χ3v) is 6.96. The third kappa shape index (κ3) is 6.92. The van der Waals surface area contributed by atoms with E-state index in [9.17, 15) is 19.2 Å². The van der Waals surface area contributed by atoms with Crippen molar-refractivity contribution in [2.24, 2.45) is 0 Å². The van der Waals surface area contributed by atoms with Crippen LogP contribution in [-0.4, -0.2) is 62.4 Å². The van der Waals surface area contributed by atoms with Gasteiger partial charge < -0.3 is 25.6 Å². The number of benzene rings is 3. The van der Waals surface area contributed by atoms with E-state index in [1.807, 2.05) is 18.2 Å². The molecule has 3 N–H and O–H groups in total. The van der Waals surface area contributed by atoms with E-state index in [2.05, 4.69) is 40.2 Å². The van der Waals surface area contributed by atoms with Gasteiger partial charge in [0.15, 0.2) is 0 Å². The number of fused-ring (bicyclic) bond motifs is 1. The maximum absolute atomic E-state index is 13.4. The summed E-state index contributed by atoms with van der Waals surface area (Å²) in [7, 11) is 3.20. The van der Waals surface area contributed by atoms with E-state index in [4.69, 9.17) is 4.74 Å². The van der Waals surface area contributed by atoms with E-state index in [-0.39, 0.29) is 24.9 Å². The van der Waals surface area contributed by atoms with Gasteiger partial charge in [0.1, 0.15) is 0 Å². The Bertz CT molecular complexity index is 1420. The first kappa shape index (κ1) is 28.5. The topological polar surface area (TPSA) is 117 Å². The van der Waals surface area contributed by atoms with Crippen molar-refractivity contribution < 1.29 is 23.9 Å². The lowest BCUT2D eigenvalue weighted by molar-refractivity contribution is -0.139. The molecule has 3 aromatic carbocycles. The fourth-order valence-corrected chi connectivity index (χ4v) is 4.52. The first-order valence-corrected chi connectivity index (χ1v) is 13.2. The standard InChI is InChI=1S/C31H34N4O5/c1-35(19-20-40-2)27(36)15-8-18-32-29(38)30(39)33-21-23-10-4-6-13-25(23)28(37)34-31(16-17-31)26-14-7-11-22-9-3-5-12-24(22)26/h3-15H,16-21H2,1-2H3,(H,32,38)(H,33,39)(H,34,37)/b15-8+. The van der Waals surface area contributed by atoms with Crippen molar-refractivity contribution in [2.75, 3.05) is 33.9 Å². The van der Waals surface area contributed by atoms with Crippen LogP contribution in [0.2, 0.25) is 0 Å². The molecule has 0 radical (unpaired) electrons. The molecule has 1 saturated carbocycles. The Labute approximate surface area is 233 Å². The highest BCUT2D eigenvalue weighted by Crippen LogP contribution is 2.48. The molecule has 1 fully saturated rings. The second kappa shape index (κ2) is 13.0. The average molecular weight is 543 g/mol. The zero-order valence-corrected chi connectivity index (χ0v) is 22.7. The summed E-state index contributed by atoms with van der Waals surface area (Å²) < 4.78 is 4.94. The molecule has 0 atom stereocenters. The lowest BCUT2D eigenvalue weighted by atomic mass is 9.96. The van der Waals surface area contributed by atoms with Crippen molar-refractivity contribution in [1.82, 2.24) is 20.9 Å². The van der Waals surface area contributed by atoms with Crippen molar-refractivity contribution >= 4 is 34.4 Å². The number of amides is 4. The number of carbonyl (C=O) groups is 4. The number of hydrogen-bond donors (Lipinski definition) is 3. The van der Waals surface area contributed by atoms with Crippen LogP contribution in [0.4, 0.5) is 0 Å². The van der Waals surface area contributed by atoms with Gasteiger partial charge in [0.05, 0.1) is 12.1 Å². The van der Waals surface area contributed by atoms with Gasteiger partial charge in [0.2, 0.25) is 5.91 Å². The van der Waals surface area contributed by atoms with Crippen LogP contribution >= 0.6 is 0 Å². The summed E-state index contributed by atoms with van der Waals surface area (Å²) in [4.78, 5) is 51.4. The molecule has 208 valence electrons. The Hall–Kier alpha value is -4.50. The fraction of sp³-hybridized carbons (Fsp3) is 0.290. The van der Waals surface area contributed by atoms with Gasteiger partial charge in [0.25, 0.3) is 5.91 Å². The van der Waals surface area contributed by atoms with Crippen molar-refractivity contribution in [3.05, 3.63) is 95.6 Å². The maximum atomic E-state index is 13.4. The van der Waals surface area contributed by atoms with Crippen molar-refractivity contribution in [2.45, 2.75) is 24.9 Å². The zero-order chi connectivity index (χ0) is 28.5. The van der Waals surface area contributed by atoms with Crippen LogP contribution in [-0.2, 0) is 31.2 Å². The Morgan fingerprint density at radius 3 is 2.40 bits per heavy atom. The van der Waals surface area contributed by atoms with Gasteiger partial charge in [-0.15, -0.1) is 0 Å². The predicted octanol–water partition coefficient (Wildman–Crippen LogP) is 2.65. The Balaban J connectivity index is 1.32. The second-order valence-electron chi connectivity index (χ2n) is 9.77. The second-order valence-corrected chi connectivity index (χ2v) is 9.77. The van der Waals surface area contributed by atoms with Crippen LogP contribution in [0.1, 0.15) is 34.3 Å². The predicted molar refractivity (Wildman–Crippen MR) is 152 cm³/mol. The minimum atomic E-state index is -0.834. The number of hydrogen-bond acceptors (Lipinski definition) is 5. The molecule has 4 amide bonds. The van der Waals surface area contributed by atoms with Crippen LogP contribution < -0.4 is 16.0 Å². The molecule has 1 aliphatic rings. The largest absolute Gasteiger partial charge is 0.383 e. The van der Waals surface area contributed by atoms with Crippen molar-refractivity contribution in [1.29, 1.82) is 0 Å². The Morgan fingerprint density at radius 2 is 1.62 bits per heavy atom. The summed E-state index contributed by atoms with van der Waals surface area (Å²) >= 11 is 0. The third-order valence-electron chi connectivity index (χ3n) is 6.96. The van der Waals surface area contributed by atoms with Gasteiger partial charge in [0, 0.05) is 45.4 Å². The summed E-state index contributed by atoms with van der Waals surface area (Å²) in [5.41, 5.74) is 1.70. The fourth-order valence-electron chi connectivity index (χ4n) is 4.52. The quantitative estimate of drug-likeness (QED) is 0.255. The SMILES string of the molecule is COCCN(C)C(=O)/C=C/CNC(=O)C(=O)NCc1ccccc1C(=O)NC1(c2cccc3ccccc23)CC1. The highest BCUT2D eigenvalue weighted by Gasteiger charge is 2.46. The van der Waals surface area contributed by atoms with Crippen molar-refractivity contribution in [3.63, 3.8) is 0 Å². The zero-order valence-electron chi connectivity index (χ0n) is 22.7. The number of likely N-dealkylation sites (N-methyl/N-ethyl adjacent to an activating group) is 1. The van der Waals surface area contributed by atoms with Crippen molar-refractivity contribution in [3.8, 4) is 0 Å². The Kier molecular flexibility index (Phi) is 9.29. The van der Waals surface area contributed by atoms with E-state index in [0.29, 0.717) is 24.3 Å². The van der Waals surface area contributed by atoms with E-state index < -0.39 is 17.4 Å². The summed E-state index contributed by atoms with van der Waals surface area (Å²) in [6.45, 7) is 0.891. The molecule has 0 aromatic heterocycles. The molecule has 0 saturated heterocycles. The number of nitrogens with zero attached hydrogens (tertiary/aromatic N) is 1. The highest BCUT2D eigenvalue weighted by atomic mass is 16.5. The minimum Gasteiger partial charge on any atom is -0.383 e. The summed E-state index contributed by atoms with van der Waals surface area (Å²) in [5.74, 6) is -2.13. The highest BCUT2D eigenvalue weighted by molar-refractivity contribution is 6.35. The number of methoxy groups -OCH3 is 1.